The predicted molar refractivity (Wildman–Crippen MR) is 137 cm³/mol. The van der Waals surface area contributed by atoms with E-state index in [0.29, 0.717) is 18.5 Å². The van der Waals surface area contributed by atoms with Gasteiger partial charge in [-0.05, 0) is 113 Å². The fraction of sp³-hybridized carbons (Fsp3) is 0.400. The Hall–Kier alpha value is -2.46. The second-order valence-corrected chi connectivity index (χ2v) is 10.8. The first-order valence-electron chi connectivity index (χ1n) is 10.6. The van der Waals surface area contributed by atoms with Crippen molar-refractivity contribution in [2.45, 2.75) is 59.2 Å². The number of esters is 2. The summed E-state index contributed by atoms with van der Waals surface area (Å²) in [5.41, 5.74) is 6.17. The largest absolute Gasteiger partial charge is 0.456 e. The number of hydrogen-bond acceptors (Lipinski definition) is 6. The maximum absolute atomic E-state index is 13.0. The average molecular weight is 566 g/mol. The minimum atomic E-state index is -0.720. The number of halogens is 1. The highest BCUT2D eigenvalue weighted by atomic mass is 127. The predicted octanol–water partition coefficient (Wildman–Crippen LogP) is 4.96. The lowest BCUT2D eigenvalue weighted by atomic mass is 10.1. The number of ether oxygens (including phenoxy) is 2. The Morgan fingerprint density at radius 3 is 1.85 bits per heavy atom. The average Bonchev–Trinajstić information content (AvgIpc) is 2.66. The van der Waals surface area contributed by atoms with Crippen molar-refractivity contribution >= 4 is 46.1 Å². The fourth-order valence-electron chi connectivity index (χ4n) is 2.88. The summed E-state index contributed by atoms with van der Waals surface area (Å²) < 4.78 is 11.7. The highest BCUT2D eigenvalue weighted by Crippen LogP contribution is 2.23. The molecule has 0 heterocycles. The van der Waals surface area contributed by atoms with Gasteiger partial charge in [0.25, 0.3) is 5.91 Å². The summed E-state index contributed by atoms with van der Waals surface area (Å²) in [6.07, 6.45) is 0.647. The molecule has 0 aliphatic heterocycles. The molecule has 33 heavy (non-hydrogen) atoms. The van der Waals surface area contributed by atoms with Crippen LogP contribution >= 0.6 is 22.6 Å². The van der Waals surface area contributed by atoms with Crippen LogP contribution in [0.1, 0.15) is 78.2 Å². The monoisotopic (exact) mass is 566 g/mol. The summed E-state index contributed by atoms with van der Waals surface area (Å²) in [6.45, 7) is 11.0. The van der Waals surface area contributed by atoms with Crippen molar-refractivity contribution < 1.29 is 23.9 Å². The van der Waals surface area contributed by atoms with Crippen molar-refractivity contribution in [1.82, 2.24) is 0 Å². The van der Waals surface area contributed by atoms with E-state index in [1.165, 1.54) is 18.2 Å². The van der Waals surface area contributed by atoms with Gasteiger partial charge in [0.05, 0.1) is 16.7 Å². The lowest BCUT2D eigenvalue weighted by molar-refractivity contribution is 0.00676. The molecule has 3 N–H and O–H groups in total. The quantitative estimate of drug-likeness (QED) is 0.379. The van der Waals surface area contributed by atoms with Gasteiger partial charge in [0.15, 0.2) is 0 Å². The van der Waals surface area contributed by atoms with Crippen LogP contribution in [0.15, 0.2) is 36.4 Å². The minimum Gasteiger partial charge on any atom is -0.456 e. The lowest BCUT2D eigenvalue weighted by Gasteiger charge is -2.21. The number of rotatable bonds is 6. The summed E-state index contributed by atoms with van der Waals surface area (Å²) in [5, 5.41) is 2.79. The summed E-state index contributed by atoms with van der Waals surface area (Å²) in [5.74, 6) is -1.58. The third kappa shape index (κ3) is 8.43. The van der Waals surface area contributed by atoms with Crippen LogP contribution in [-0.4, -0.2) is 35.6 Å². The molecule has 0 radical (unpaired) electrons. The highest BCUT2D eigenvalue weighted by molar-refractivity contribution is 14.1. The Morgan fingerprint density at radius 2 is 1.39 bits per heavy atom. The van der Waals surface area contributed by atoms with E-state index >= 15 is 0 Å². The number of nitrogens with one attached hydrogen (secondary N) is 1. The van der Waals surface area contributed by atoms with Crippen molar-refractivity contribution in [3.8, 4) is 0 Å². The van der Waals surface area contributed by atoms with Gasteiger partial charge < -0.3 is 20.5 Å². The standard InChI is InChI=1S/C25H31IN2O5/c1-24(2,3)32-22(30)16-12-17(23(31)33-25(4,5)6)14-18(13-16)28-21(29)19-11-15(9-10-27)7-8-20(19)26/h7-8,11-14H,9-10,27H2,1-6H3,(H,28,29). The van der Waals surface area contributed by atoms with Gasteiger partial charge in [-0.2, -0.15) is 0 Å². The van der Waals surface area contributed by atoms with Gasteiger partial charge in [0, 0.05) is 9.26 Å². The van der Waals surface area contributed by atoms with E-state index in [2.05, 4.69) is 27.9 Å². The molecule has 0 saturated carbocycles. The zero-order valence-corrected chi connectivity index (χ0v) is 22.0. The molecule has 2 aromatic rings. The number of benzene rings is 2. The van der Waals surface area contributed by atoms with Gasteiger partial charge in [-0.3, -0.25) is 4.79 Å². The van der Waals surface area contributed by atoms with Crippen molar-refractivity contribution in [2.75, 3.05) is 11.9 Å². The van der Waals surface area contributed by atoms with Crippen LogP contribution in [0.25, 0.3) is 0 Å². The lowest BCUT2D eigenvalue weighted by Crippen LogP contribution is -2.26. The minimum absolute atomic E-state index is 0.134. The molecule has 0 aromatic heterocycles. The van der Waals surface area contributed by atoms with E-state index in [-0.39, 0.29) is 22.7 Å². The molecule has 2 rings (SSSR count). The second-order valence-electron chi connectivity index (χ2n) is 9.61. The zero-order chi connectivity index (χ0) is 25.0. The molecule has 0 fully saturated rings. The smallest absolute Gasteiger partial charge is 0.338 e. The van der Waals surface area contributed by atoms with Gasteiger partial charge in [-0.1, -0.05) is 6.07 Å². The molecule has 2 aromatic carbocycles. The molecule has 8 heteroatoms. The van der Waals surface area contributed by atoms with Crippen LogP contribution in [0, 0.1) is 3.57 Å². The molecule has 0 spiro atoms. The molecule has 0 atom stereocenters. The van der Waals surface area contributed by atoms with Crippen LogP contribution in [0.2, 0.25) is 0 Å². The van der Waals surface area contributed by atoms with E-state index in [4.69, 9.17) is 15.2 Å². The van der Waals surface area contributed by atoms with E-state index < -0.39 is 23.1 Å². The van der Waals surface area contributed by atoms with Gasteiger partial charge >= 0.3 is 11.9 Å². The van der Waals surface area contributed by atoms with Crippen LogP contribution in [0.3, 0.4) is 0 Å². The first-order chi connectivity index (χ1) is 15.2. The summed E-state index contributed by atoms with van der Waals surface area (Å²) in [4.78, 5) is 38.4. The number of carbonyl (C=O) groups is 3. The van der Waals surface area contributed by atoms with Crippen molar-refractivity contribution in [1.29, 1.82) is 0 Å². The molecule has 178 valence electrons. The van der Waals surface area contributed by atoms with Crippen LogP contribution in [-0.2, 0) is 15.9 Å². The topological polar surface area (TPSA) is 108 Å². The Bertz CT molecular complexity index is 1010. The van der Waals surface area contributed by atoms with E-state index in [0.717, 1.165) is 9.13 Å². The third-order valence-corrected chi connectivity index (χ3v) is 5.11. The maximum Gasteiger partial charge on any atom is 0.338 e. The molecule has 0 aliphatic carbocycles. The second kappa shape index (κ2) is 10.6. The van der Waals surface area contributed by atoms with Crippen LogP contribution in [0.4, 0.5) is 5.69 Å². The number of anilines is 1. The van der Waals surface area contributed by atoms with Crippen LogP contribution in [0.5, 0.6) is 0 Å². The summed E-state index contributed by atoms with van der Waals surface area (Å²) in [7, 11) is 0. The Kier molecular flexibility index (Phi) is 8.64. The maximum atomic E-state index is 13.0. The third-order valence-electron chi connectivity index (χ3n) is 4.17. The van der Waals surface area contributed by atoms with Gasteiger partial charge in [-0.25, -0.2) is 9.59 Å². The molecular formula is C25H31IN2O5. The van der Waals surface area contributed by atoms with Crippen LogP contribution < -0.4 is 11.1 Å². The zero-order valence-electron chi connectivity index (χ0n) is 19.9. The molecule has 1 amide bonds. The number of hydrogen-bond donors (Lipinski definition) is 2. The molecule has 0 unspecified atom stereocenters. The molecule has 0 saturated heterocycles. The fourth-order valence-corrected chi connectivity index (χ4v) is 3.46. The molecule has 0 bridgehead atoms. The van der Waals surface area contributed by atoms with Gasteiger partial charge in [0.1, 0.15) is 11.2 Å². The van der Waals surface area contributed by atoms with Crippen molar-refractivity contribution in [3.63, 3.8) is 0 Å². The van der Waals surface area contributed by atoms with Crippen molar-refractivity contribution in [2.24, 2.45) is 5.73 Å². The highest BCUT2D eigenvalue weighted by Gasteiger charge is 2.23. The molecular weight excluding hydrogens is 535 g/mol. The first-order valence-corrected chi connectivity index (χ1v) is 11.7. The number of amides is 1. The van der Waals surface area contributed by atoms with E-state index in [9.17, 15) is 14.4 Å². The normalized spacial score (nSPS) is 11.6. The number of carbonyl (C=O) groups excluding carboxylic acids is 3. The Balaban J connectivity index is 2.44. The molecule has 7 nitrogen and oxygen atoms in total. The van der Waals surface area contributed by atoms with E-state index in [1.807, 2.05) is 12.1 Å². The SMILES string of the molecule is CC(C)(C)OC(=O)c1cc(NC(=O)c2cc(CCN)ccc2I)cc(C(=O)OC(C)(C)C)c1. The van der Waals surface area contributed by atoms with E-state index in [1.54, 1.807) is 47.6 Å². The first kappa shape index (κ1) is 26.8. The molecule has 0 aliphatic rings. The summed E-state index contributed by atoms with van der Waals surface area (Å²) >= 11 is 2.09. The van der Waals surface area contributed by atoms with Gasteiger partial charge in [-0.15, -0.1) is 0 Å². The Labute approximate surface area is 208 Å². The van der Waals surface area contributed by atoms with Crippen molar-refractivity contribution in [3.05, 3.63) is 62.2 Å². The Morgan fingerprint density at radius 1 is 0.879 bits per heavy atom. The van der Waals surface area contributed by atoms with Gasteiger partial charge in [0.2, 0.25) is 0 Å². The summed E-state index contributed by atoms with van der Waals surface area (Å²) in [6, 6.07) is 9.94. The number of nitrogens with two attached hydrogens (primary N) is 1.